The standard InChI is InChI=1S/C16H18N2O3/c1-10-7-18(9-12(10)16(20)21)15(19)13-8-17(2)14-6-4-3-5-11(13)14/h3-6,8,10,12H,7,9H2,1-2H3,(H,20,21). The Balaban J connectivity index is 1.93. The number of benzene rings is 1. The van der Waals surface area contributed by atoms with Crippen LogP contribution in [0.3, 0.4) is 0 Å². The van der Waals surface area contributed by atoms with Gasteiger partial charge in [0.15, 0.2) is 0 Å². The topological polar surface area (TPSA) is 62.5 Å². The van der Waals surface area contributed by atoms with Crippen molar-refractivity contribution in [3.05, 3.63) is 36.0 Å². The first kappa shape index (κ1) is 13.7. The van der Waals surface area contributed by atoms with Crippen LogP contribution in [0.2, 0.25) is 0 Å². The van der Waals surface area contributed by atoms with Gasteiger partial charge in [0, 0.05) is 37.2 Å². The van der Waals surface area contributed by atoms with Crippen LogP contribution in [-0.2, 0) is 11.8 Å². The number of likely N-dealkylation sites (tertiary alicyclic amines) is 1. The fourth-order valence-corrected chi connectivity index (χ4v) is 3.14. The van der Waals surface area contributed by atoms with Gasteiger partial charge in [-0.1, -0.05) is 25.1 Å². The predicted octanol–water partition coefficient (Wildman–Crippen LogP) is 1.97. The Morgan fingerprint density at radius 1 is 1.24 bits per heavy atom. The molecule has 2 aromatic rings. The second-order valence-electron chi connectivity index (χ2n) is 5.80. The second-order valence-corrected chi connectivity index (χ2v) is 5.80. The number of carboxylic acids is 1. The molecule has 1 aliphatic rings. The molecule has 3 rings (SSSR count). The van der Waals surface area contributed by atoms with E-state index in [2.05, 4.69) is 0 Å². The summed E-state index contributed by atoms with van der Waals surface area (Å²) in [4.78, 5) is 25.6. The Hall–Kier alpha value is -2.30. The summed E-state index contributed by atoms with van der Waals surface area (Å²) in [6.07, 6.45) is 1.83. The van der Waals surface area contributed by atoms with E-state index in [9.17, 15) is 14.7 Å². The Kier molecular flexibility index (Phi) is 3.20. The summed E-state index contributed by atoms with van der Waals surface area (Å²) < 4.78 is 1.93. The molecule has 0 saturated carbocycles. The highest BCUT2D eigenvalue weighted by molar-refractivity contribution is 6.07. The van der Waals surface area contributed by atoms with Crippen molar-refractivity contribution >= 4 is 22.8 Å². The number of amides is 1. The molecule has 1 fully saturated rings. The summed E-state index contributed by atoms with van der Waals surface area (Å²) in [7, 11) is 1.91. The van der Waals surface area contributed by atoms with Crippen molar-refractivity contribution in [2.75, 3.05) is 13.1 Å². The zero-order valence-corrected chi connectivity index (χ0v) is 12.1. The highest BCUT2D eigenvalue weighted by atomic mass is 16.4. The number of hydrogen-bond donors (Lipinski definition) is 1. The van der Waals surface area contributed by atoms with Crippen LogP contribution >= 0.6 is 0 Å². The Morgan fingerprint density at radius 3 is 2.62 bits per heavy atom. The molecular formula is C16H18N2O3. The quantitative estimate of drug-likeness (QED) is 0.918. The lowest BCUT2D eigenvalue weighted by molar-refractivity contribution is -0.142. The molecule has 0 radical (unpaired) electrons. The van der Waals surface area contributed by atoms with Gasteiger partial charge in [-0.05, 0) is 12.0 Å². The van der Waals surface area contributed by atoms with Crippen molar-refractivity contribution in [3.63, 3.8) is 0 Å². The number of carbonyl (C=O) groups is 2. The van der Waals surface area contributed by atoms with Crippen LogP contribution in [0.1, 0.15) is 17.3 Å². The average molecular weight is 286 g/mol. The van der Waals surface area contributed by atoms with E-state index >= 15 is 0 Å². The van der Waals surface area contributed by atoms with Gasteiger partial charge in [-0.25, -0.2) is 0 Å². The third kappa shape index (κ3) is 2.18. The number of fused-ring (bicyclic) bond motifs is 1. The molecule has 1 aromatic heterocycles. The van der Waals surface area contributed by atoms with E-state index < -0.39 is 11.9 Å². The number of rotatable bonds is 2. The highest BCUT2D eigenvalue weighted by Crippen LogP contribution is 2.27. The minimum Gasteiger partial charge on any atom is -0.481 e. The number of para-hydroxylation sites is 1. The zero-order chi connectivity index (χ0) is 15.1. The Bertz CT molecular complexity index is 719. The molecular weight excluding hydrogens is 268 g/mol. The first-order valence-electron chi connectivity index (χ1n) is 7.05. The minimum atomic E-state index is -0.823. The average Bonchev–Trinajstić information content (AvgIpc) is 3.00. The van der Waals surface area contributed by atoms with E-state index in [1.165, 1.54) is 0 Å². The number of nitrogens with zero attached hydrogens (tertiary/aromatic N) is 2. The maximum absolute atomic E-state index is 12.7. The minimum absolute atomic E-state index is 0.0126. The summed E-state index contributed by atoms with van der Waals surface area (Å²) in [5.74, 6) is -1.39. The maximum Gasteiger partial charge on any atom is 0.308 e. The molecule has 110 valence electrons. The van der Waals surface area contributed by atoms with E-state index in [0.29, 0.717) is 18.7 Å². The van der Waals surface area contributed by atoms with Crippen molar-refractivity contribution in [2.45, 2.75) is 6.92 Å². The molecule has 5 nitrogen and oxygen atoms in total. The first-order valence-corrected chi connectivity index (χ1v) is 7.05. The lowest BCUT2D eigenvalue weighted by Gasteiger charge is -2.15. The first-order chi connectivity index (χ1) is 9.99. The summed E-state index contributed by atoms with van der Waals surface area (Å²) in [6.45, 7) is 2.67. The highest BCUT2D eigenvalue weighted by Gasteiger charge is 2.37. The number of hydrogen-bond acceptors (Lipinski definition) is 2. The number of aryl methyl sites for hydroxylation is 1. The molecule has 1 N–H and O–H groups in total. The fraction of sp³-hybridized carbons (Fsp3) is 0.375. The Labute approximate surface area is 122 Å². The molecule has 1 aromatic carbocycles. The van der Waals surface area contributed by atoms with Gasteiger partial charge in [-0.15, -0.1) is 0 Å². The molecule has 1 saturated heterocycles. The number of carboxylic acid groups (broad SMARTS) is 1. The molecule has 0 spiro atoms. The lowest BCUT2D eigenvalue weighted by Crippen LogP contribution is -2.29. The van der Waals surface area contributed by atoms with E-state index in [4.69, 9.17) is 0 Å². The van der Waals surface area contributed by atoms with Gasteiger partial charge >= 0.3 is 5.97 Å². The van der Waals surface area contributed by atoms with Crippen molar-refractivity contribution in [1.29, 1.82) is 0 Å². The molecule has 1 aliphatic heterocycles. The molecule has 5 heteroatoms. The van der Waals surface area contributed by atoms with Crippen molar-refractivity contribution in [3.8, 4) is 0 Å². The summed E-state index contributed by atoms with van der Waals surface area (Å²) in [5.41, 5.74) is 1.65. The van der Waals surface area contributed by atoms with Crippen LogP contribution in [-0.4, -0.2) is 39.5 Å². The lowest BCUT2D eigenvalue weighted by atomic mass is 9.99. The molecule has 2 atom stereocenters. The van der Waals surface area contributed by atoms with E-state index in [-0.39, 0.29) is 11.8 Å². The van der Waals surface area contributed by atoms with Gasteiger partial charge < -0.3 is 14.6 Å². The van der Waals surface area contributed by atoms with Gasteiger partial charge in [-0.2, -0.15) is 0 Å². The largest absolute Gasteiger partial charge is 0.481 e. The summed E-state index contributed by atoms with van der Waals surface area (Å²) in [6, 6.07) is 7.75. The normalized spacial score (nSPS) is 21.9. The SMILES string of the molecule is CC1CN(C(=O)c2cn(C)c3ccccc23)CC1C(=O)O. The van der Waals surface area contributed by atoms with Gasteiger partial charge in [0.05, 0.1) is 11.5 Å². The van der Waals surface area contributed by atoms with Gasteiger partial charge in [0.1, 0.15) is 0 Å². The molecule has 2 unspecified atom stereocenters. The van der Waals surface area contributed by atoms with Crippen LogP contribution in [0.25, 0.3) is 10.9 Å². The van der Waals surface area contributed by atoms with Crippen LogP contribution < -0.4 is 0 Å². The fourth-order valence-electron chi connectivity index (χ4n) is 3.14. The number of aromatic nitrogens is 1. The van der Waals surface area contributed by atoms with Gasteiger partial charge in [-0.3, -0.25) is 9.59 Å². The second kappa shape index (κ2) is 4.91. The van der Waals surface area contributed by atoms with Crippen molar-refractivity contribution in [1.82, 2.24) is 9.47 Å². The molecule has 1 amide bonds. The van der Waals surface area contributed by atoms with Crippen LogP contribution in [0.4, 0.5) is 0 Å². The zero-order valence-electron chi connectivity index (χ0n) is 12.1. The predicted molar refractivity (Wildman–Crippen MR) is 79.1 cm³/mol. The van der Waals surface area contributed by atoms with E-state index in [1.54, 1.807) is 4.90 Å². The third-order valence-corrected chi connectivity index (χ3v) is 4.34. The monoisotopic (exact) mass is 286 g/mol. The molecule has 0 aliphatic carbocycles. The Morgan fingerprint density at radius 2 is 1.95 bits per heavy atom. The number of carbonyl (C=O) groups excluding carboxylic acids is 1. The summed E-state index contributed by atoms with van der Waals surface area (Å²) >= 11 is 0. The van der Waals surface area contributed by atoms with E-state index in [0.717, 1.165) is 10.9 Å². The maximum atomic E-state index is 12.7. The summed E-state index contributed by atoms with van der Waals surface area (Å²) in [5, 5.41) is 10.1. The number of aliphatic carboxylic acids is 1. The van der Waals surface area contributed by atoms with E-state index in [1.807, 2.05) is 49.0 Å². The molecule has 0 bridgehead atoms. The van der Waals surface area contributed by atoms with Crippen molar-refractivity contribution in [2.24, 2.45) is 18.9 Å². The molecule has 2 heterocycles. The van der Waals surface area contributed by atoms with Crippen LogP contribution in [0.15, 0.2) is 30.5 Å². The van der Waals surface area contributed by atoms with Crippen LogP contribution in [0.5, 0.6) is 0 Å². The van der Waals surface area contributed by atoms with Gasteiger partial charge in [0.2, 0.25) is 0 Å². The molecule has 21 heavy (non-hydrogen) atoms. The van der Waals surface area contributed by atoms with Crippen molar-refractivity contribution < 1.29 is 14.7 Å². The van der Waals surface area contributed by atoms with Gasteiger partial charge in [0.25, 0.3) is 5.91 Å². The van der Waals surface area contributed by atoms with Crippen LogP contribution in [0, 0.1) is 11.8 Å². The third-order valence-electron chi connectivity index (χ3n) is 4.34. The smallest absolute Gasteiger partial charge is 0.308 e.